The zero-order valence-electron chi connectivity index (χ0n) is 10.4. The third-order valence-electron chi connectivity index (χ3n) is 3.46. The Morgan fingerprint density at radius 3 is 2.88 bits per heavy atom. The van der Waals surface area contributed by atoms with Gasteiger partial charge < -0.3 is 10.0 Å². The van der Waals surface area contributed by atoms with Crippen LogP contribution in [0.15, 0.2) is 18.2 Å². The molecule has 2 rings (SSSR count). The molecule has 1 heterocycles. The Morgan fingerprint density at radius 1 is 1.47 bits per heavy atom. The molecular weight excluding hydrogens is 214 g/mol. The lowest BCUT2D eigenvalue weighted by Gasteiger charge is -2.23. The number of aliphatic hydroxyl groups excluding tert-OH is 1. The number of amides is 1. The van der Waals surface area contributed by atoms with Gasteiger partial charge in [-0.25, -0.2) is 0 Å². The number of aryl methyl sites for hydroxylation is 2. The average Bonchev–Trinajstić information content (AvgIpc) is 2.76. The zero-order valence-corrected chi connectivity index (χ0v) is 10.4. The molecule has 0 saturated carbocycles. The first-order valence-electron chi connectivity index (χ1n) is 6.12. The van der Waals surface area contributed by atoms with Crippen LogP contribution < -0.4 is 0 Å². The Balaban J connectivity index is 2.24. The van der Waals surface area contributed by atoms with Gasteiger partial charge in [-0.2, -0.15) is 0 Å². The first kappa shape index (κ1) is 12.1. The van der Waals surface area contributed by atoms with E-state index in [0.29, 0.717) is 0 Å². The van der Waals surface area contributed by atoms with E-state index in [2.05, 4.69) is 0 Å². The Kier molecular flexibility index (Phi) is 3.48. The lowest BCUT2D eigenvalue weighted by Crippen LogP contribution is -2.37. The minimum atomic E-state index is 0.00297. The minimum Gasteiger partial charge on any atom is -0.394 e. The molecule has 92 valence electrons. The van der Waals surface area contributed by atoms with E-state index in [1.807, 2.05) is 32.0 Å². The lowest BCUT2D eigenvalue weighted by molar-refractivity contribution is 0.0677. The first-order valence-corrected chi connectivity index (χ1v) is 6.12. The highest BCUT2D eigenvalue weighted by atomic mass is 16.3. The van der Waals surface area contributed by atoms with Crippen molar-refractivity contribution in [2.45, 2.75) is 32.7 Å². The van der Waals surface area contributed by atoms with Gasteiger partial charge in [-0.3, -0.25) is 4.79 Å². The van der Waals surface area contributed by atoms with E-state index < -0.39 is 0 Å². The second-order valence-electron chi connectivity index (χ2n) is 4.80. The number of carbonyl (C=O) groups is 1. The van der Waals surface area contributed by atoms with Gasteiger partial charge in [-0.15, -0.1) is 0 Å². The molecule has 0 aromatic heterocycles. The van der Waals surface area contributed by atoms with E-state index in [4.69, 9.17) is 0 Å². The number of carbonyl (C=O) groups excluding carboxylic acids is 1. The summed E-state index contributed by atoms with van der Waals surface area (Å²) in [6.45, 7) is 4.81. The van der Waals surface area contributed by atoms with Crippen molar-refractivity contribution in [2.75, 3.05) is 13.2 Å². The van der Waals surface area contributed by atoms with Crippen molar-refractivity contribution in [3.63, 3.8) is 0 Å². The molecule has 0 bridgehead atoms. The molecule has 1 atom stereocenters. The van der Waals surface area contributed by atoms with Gasteiger partial charge in [-0.05, 0) is 38.3 Å². The SMILES string of the molecule is Cc1ccc(C(=O)N2CCC[C@@H]2CO)c(C)c1. The fourth-order valence-corrected chi connectivity index (χ4v) is 2.50. The maximum absolute atomic E-state index is 12.4. The van der Waals surface area contributed by atoms with Crippen LogP contribution >= 0.6 is 0 Å². The van der Waals surface area contributed by atoms with E-state index >= 15 is 0 Å². The van der Waals surface area contributed by atoms with Crippen LogP contribution in [0.4, 0.5) is 0 Å². The molecule has 0 aliphatic carbocycles. The van der Waals surface area contributed by atoms with E-state index in [1.165, 1.54) is 5.56 Å². The molecule has 1 saturated heterocycles. The Hall–Kier alpha value is -1.35. The van der Waals surface area contributed by atoms with E-state index in [9.17, 15) is 9.90 Å². The van der Waals surface area contributed by atoms with Crippen LogP contribution in [-0.2, 0) is 0 Å². The summed E-state index contributed by atoms with van der Waals surface area (Å²) in [5.74, 6) is 0.0547. The number of hydrogen-bond acceptors (Lipinski definition) is 2. The maximum atomic E-state index is 12.4. The molecule has 1 aliphatic heterocycles. The smallest absolute Gasteiger partial charge is 0.254 e. The van der Waals surface area contributed by atoms with Crippen molar-refractivity contribution >= 4 is 5.91 Å². The number of likely N-dealkylation sites (tertiary alicyclic amines) is 1. The minimum absolute atomic E-state index is 0.00297. The quantitative estimate of drug-likeness (QED) is 0.847. The average molecular weight is 233 g/mol. The fraction of sp³-hybridized carbons (Fsp3) is 0.500. The molecule has 3 nitrogen and oxygen atoms in total. The van der Waals surface area contributed by atoms with Gasteiger partial charge in [-0.1, -0.05) is 17.7 Å². The van der Waals surface area contributed by atoms with Crippen LogP contribution in [-0.4, -0.2) is 35.1 Å². The van der Waals surface area contributed by atoms with E-state index in [0.717, 1.165) is 30.5 Å². The molecule has 1 aliphatic rings. The Morgan fingerprint density at radius 2 is 2.24 bits per heavy atom. The zero-order chi connectivity index (χ0) is 12.4. The van der Waals surface area contributed by atoms with Gasteiger partial charge in [0.2, 0.25) is 0 Å². The van der Waals surface area contributed by atoms with Crippen molar-refractivity contribution < 1.29 is 9.90 Å². The first-order chi connectivity index (χ1) is 8.13. The number of aliphatic hydroxyl groups is 1. The van der Waals surface area contributed by atoms with Crippen molar-refractivity contribution in [1.29, 1.82) is 0 Å². The highest BCUT2D eigenvalue weighted by Crippen LogP contribution is 2.21. The summed E-state index contributed by atoms with van der Waals surface area (Å²) in [5, 5.41) is 9.25. The van der Waals surface area contributed by atoms with E-state index in [1.54, 1.807) is 4.90 Å². The molecule has 1 aromatic rings. The second kappa shape index (κ2) is 4.88. The molecule has 1 aromatic carbocycles. The summed E-state index contributed by atoms with van der Waals surface area (Å²) in [7, 11) is 0. The van der Waals surface area contributed by atoms with Crippen LogP contribution in [0.2, 0.25) is 0 Å². The van der Waals surface area contributed by atoms with Crippen LogP contribution in [0.3, 0.4) is 0 Å². The third-order valence-corrected chi connectivity index (χ3v) is 3.46. The Bertz CT molecular complexity index is 428. The number of rotatable bonds is 2. The molecule has 17 heavy (non-hydrogen) atoms. The number of benzene rings is 1. The molecular formula is C14H19NO2. The summed E-state index contributed by atoms with van der Waals surface area (Å²) < 4.78 is 0. The van der Waals surface area contributed by atoms with E-state index in [-0.39, 0.29) is 18.6 Å². The summed E-state index contributed by atoms with van der Waals surface area (Å²) >= 11 is 0. The largest absolute Gasteiger partial charge is 0.394 e. The van der Waals surface area contributed by atoms with Crippen molar-refractivity contribution in [3.8, 4) is 0 Å². The van der Waals surface area contributed by atoms with Gasteiger partial charge in [0.15, 0.2) is 0 Å². The molecule has 0 spiro atoms. The van der Waals surface area contributed by atoms with Gasteiger partial charge in [0.05, 0.1) is 12.6 Å². The molecule has 1 amide bonds. The summed E-state index contributed by atoms with van der Waals surface area (Å²) in [5.41, 5.74) is 2.94. The standard InChI is InChI=1S/C14H19NO2/c1-10-5-6-13(11(2)8-10)14(17)15-7-3-4-12(15)9-16/h5-6,8,12,16H,3-4,7,9H2,1-2H3/t12-/m1/s1. The monoisotopic (exact) mass is 233 g/mol. The summed E-state index contributed by atoms with van der Waals surface area (Å²) in [4.78, 5) is 14.2. The van der Waals surface area contributed by atoms with Crippen LogP contribution in [0, 0.1) is 13.8 Å². The lowest BCUT2D eigenvalue weighted by atomic mass is 10.0. The van der Waals surface area contributed by atoms with Crippen LogP contribution in [0.5, 0.6) is 0 Å². The van der Waals surface area contributed by atoms with Crippen molar-refractivity contribution in [3.05, 3.63) is 34.9 Å². The van der Waals surface area contributed by atoms with Gasteiger partial charge >= 0.3 is 0 Å². The summed E-state index contributed by atoms with van der Waals surface area (Å²) in [6.07, 6.45) is 1.90. The predicted molar refractivity (Wildman–Crippen MR) is 67.1 cm³/mol. The predicted octanol–water partition coefficient (Wildman–Crippen LogP) is 1.90. The van der Waals surface area contributed by atoms with Gasteiger partial charge in [0.1, 0.15) is 0 Å². The van der Waals surface area contributed by atoms with Crippen LogP contribution in [0.25, 0.3) is 0 Å². The highest BCUT2D eigenvalue weighted by molar-refractivity contribution is 5.96. The second-order valence-corrected chi connectivity index (χ2v) is 4.80. The normalized spacial score (nSPS) is 19.7. The number of nitrogens with zero attached hydrogens (tertiary/aromatic N) is 1. The molecule has 1 fully saturated rings. The van der Waals surface area contributed by atoms with Gasteiger partial charge in [0.25, 0.3) is 5.91 Å². The van der Waals surface area contributed by atoms with Crippen molar-refractivity contribution in [1.82, 2.24) is 4.90 Å². The summed E-state index contributed by atoms with van der Waals surface area (Å²) in [6, 6.07) is 5.88. The third kappa shape index (κ3) is 2.34. The molecule has 0 radical (unpaired) electrons. The Labute approximate surface area is 102 Å². The molecule has 0 unspecified atom stereocenters. The fourth-order valence-electron chi connectivity index (χ4n) is 2.50. The molecule has 1 N–H and O–H groups in total. The van der Waals surface area contributed by atoms with Gasteiger partial charge in [0, 0.05) is 12.1 Å². The van der Waals surface area contributed by atoms with Crippen LogP contribution in [0.1, 0.15) is 34.3 Å². The van der Waals surface area contributed by atoms with Crippen molar-refractivity contribution in [2.24, 2.45) is 0 Å². The highest BCUT2D eigenvalue weighted by Gasteiger charge is 2.29. The number of hydrogen-bond donors (Lipinski definition) is 1. The molecule has 3 heteroatoms. The maximum Gasteiger partial charge on any atom is 0.254 e. The topological polar surface area (TPSA) is 40.5 Å².